The van der Waals surface area contributed by atoms with Crippen LogP contribution in [0.4, 0.5) is 4.79 Å². The lowest BCUT2D eigenvalue weighted by Crippen LogP contribution is -2.45. The van der Waals surface area contributed by atoms with Crippen molar-refractivity contribution in [2.75, 3.05) is 6.54 Å². The van der Waals surface area contributed by atoms with Crippen LogP contribution in [0, 0.1) is 0 Å². The Balaban J connectivity index is 2.85. The number of allylic oxidation sites excluding steroid dienone is 1. The van der Waals surface area contributed by atoms with Crippen LogP contribution in [-0.2, 0) is 4.74 Å². The van der Waals surface area contributed by atoms with E-state index in [1.165, 1.54) is 5.32 Å². The second-order valence-electron chi connectivity index (χ2n) is 6.61. The van der Waals surface area contributed by atoms with Crippen LogP contribution in [0.3, 0.4) is 0 Å². The van der Waals surface area contributed by atoms with Gasteiger partial charge in [-0.3, -0.25) is 4.90 Å². The molecule has 0 atom stereocenters. The minimum atomic E-state index is -1.47. The third kappa shape index (κ3) is 4.19. The first-order chi connectivity index (χ1) is 7.61. The molecule has 0 aromatic heterocycles. The third-order valence-electron chi connectivity index (χ3n) is 2.60. The van der Waals surface area contributed by atoms with Crippen molar-refractivity contribution in [2.24, 2.45) is 0 Å². The molecule has 1 aliphatic heterocycles. The van der Waals surface area contributed by atoms with E-state index in [9.17, 15) is 4.79 Å². The third-order valence-corrected chi connectivity index (χ3v) is 4.61. The summed E-state index contributed by atoms with van der Waals surface area (Å²) in [5.74, 6) is 0. The fraction of sp³-hybridized carbons (Fsp3) is 0.769. The predicted octanol–water partition coefficient (Wildman–Crippen LogP) is 3.78. The molecule has 0 aromatic carbocycles. The standard InChI is InChI=1S/C13H25NO2Si/c1-13(2,3)16-12(15)14-10-8-7-9-11(14)17(4,5)6/h9H,7-8,10H2,1-6H3. The Morgan fingerprint density at radius 2 is 1.94 bits per heavy atom. The zero-order valence-electron chi connectivity index (χ0n) is 12.0. The second-order valence-corrected chi connectivity index (χ2v) is 11.6. The fourth-order valence-electron chi connectivity index (χ4n) is 1.94. The molecule has 1 heterocycles. The summed E-state index contributed by atoms with van der Waals surface area (Å²) < 4.78 is 5.47. The zero-order chi connectivity index (χ0) is 13.3. The van der Waals surface area contributed by atoms with Crippen molar-refractivity contribution in [1.82, 2.24) is 4.90 Å². The minimum Gasteiger partial charge on any atom is -0.443 e. The van der Waals surface area contributed by atoms with Gasteiger partial charge in [0.1, 0.15) is 5.60 Å². The van der Waals surface area contributed by atoms with E-state index in [1.54, 1.807) is 0 Å². The van der Waals surface area contributed by atoms with E-state index in [-0.39, 0.29) is 6.09 Å². The summed E-state index contributed by atoms with van der Waals surface area (Å²) >= 11 is 0. The Morgan fingerprint density at radius 3 is 2.41 bits per heavy atom. The molecule has 0 saturated carbocycles. The summed E-state index contributed by atoms with van der Waals surface area (Å²) in [4.78, 5) is 14.0. The molecule has 17 heavy (non-hydrogen) atoms. The zero-order valence-corrected chi connectivity index (χ0v) is 13.0. The predicted molar refractivity (Wildman–Crippen MR) is 73.6 cm³/mol. The van der Waals surface area contributed by atoms with Gasteiger partial charge in [-0.1, -0.05) is 25.7 Å². The Bertz CT molecular complexity index is 323. The van der Waals surface area contributed by atoms with Gasteiger partial charge in [-0.05, 0) is 33.6 Å². The van der Waals surface area contributed by atoms with Gasteiger partial charge in [0.25, 0.3) is 0 Å². The Morgan fingerprint density at radius 1 is 1.35 bits per heavy atom. The van der Waals surface area contributed by atoms with Crippen LogP contribution in [0.1, 0.15) is 33.6 Å². The molecule has 0 aromatic rings. The lowest BCUT2D eigenvalue weighted by molar-refractivity contribution is 0.0315. The van der Waals surface area contributed by atoms with Gasteiger partial charge in [0.15, 0.2) is 0 Å². The average Bonchev–Trinajstić information content (AvgIpc) is 2.13. The van der Waals surface area contributed by atoms with Crippen LogP contribution in [-0.4, -0.2) is 31.2 Å². The highest BCUT2D eigenvalue weighted by Gasteiger charge is 2.32. The van der Waals surface area contributed by atoms with Crippen LogP contribution in [0.25, 0.3) is 0 Å². The molecule has 0 N–H and O–H groups in total. The van der Waals surface area contributed by atoms with Crippen molar-refractivity contribution in [3.8, 4) is 0 Å². The number of ether oxygens (including phenoxy) is 1. The topological polar surface area (TPSA) is 29.5 Å². The normalized spacial score (nSPS) is 17.8. The van der Waals surface area contributed by atoms with E-state index in [1.807, 2.05) is 25.7 Å². The molecule has 0 radical (unpaired) electrons. The number of rotatable bonds is 1. The number of carbonyl (C=O) groups excluding carboxylic acids is 1. The summed E-state index contributed by atoms with van der Waals surface area (Å²) in [5, 5.41) is 1.22. The smallest absolute Gasteiger partial charge is 0.414 e. The van der Waals surface area contributed by atoms with E-state index >= 15 is 0 Å². The maximum atomic E-state index is 12.2. The lowest BCUT2D eigenvalue weighted by atomic mass is 10.2. The maximum absolute atomic E-state index is 12.2. The number of hydrogen-bond donors (Lipinski definition) is 0. The number of amides is 1. The quantitative estimate of drug-likeness (QED) is 0.667. The van der Waals surface area contributed by atoms with Gasteiger partial charge < -0.3 is 4.74 Å². The van der Waals surface area contributed by atoms with Gasteiger partial charge in [0.2, 0.25) is 0 Å². The van der Waals surface area contributed by atoms with Crippen molar-refractivity contribution in [1.29, 1.82) is 0 Å². The molecule has 0 bridgehead atoms. The van der Waals surface area contributed by atoms with Crippen molar-refractivity contribution in [2.45, 2.75) is 58.9 Å². The van der Waals surface area contributed by atoms with Crippen molar-refractivity contribution in [3.63, 3.8) is 0 Å². The number of nitrogens with zero attached hydrogens (tertiary/aromatic N) is 1. The molecular weight excluding hydrogens is 230 g/mol. The Kier molecular flexibility index (Phi) is 4.07. The summed E-state index contributed by atoms with van der Waals surface area (Å²) in [6.45, 7) is 13.3. The second kappa shape index (κ2) is 4.84. The largest absolute Gasteiger partial charge is 0.443 e. The van der Waals surface area contributed by atoms with Gasteiger partial charge in [-0.15, -0.1) is 0 Å². The van der Waals surface area contributed by atoms with Crippen LogP contribution in [0.2, 0.25) is 19.6 Å². The maximum Gasteiger partial charge on any atom is 0.414 e. The lowest BCUT2D eigenvalue weighted by Gasteiger charge is -2.36. The van der Waals surface area contributed by atoms with Crippen LogP contribution in [0.5, 0.6) is 0 Å². The van der Waals surface area contributed by atoms with E-state index in [0.29, 0.717) is 0 Å². The molecule has 1 rings (SSSR count). The first-order valence-corrected chi connectivity index (χ1v) is 9.82. The number of carbonyl (C=O) groups is 1. The summed E-state index contributed by atoms with van der Waals surface area (Å²) in [6.07, 6.45) is 4.15. The molecular formula is C13H25NO2Si. The van der Waals surface area contributed by atoms with E-state index in [4.69, 9.17) is 4.74 Å². The molecule has 0 spiro atoms. The Hall–Kier alpha value is -0.773. The van der Waals surface area contributed by atoms with Gasteiger partial charge in [0.05, 0.1) is 8.07 Å². The highest BCUT2D eigenvalue weighted by Crippen LogP contribution is 2.26. The van der Waals surface area contributed by atoms with E-state index in [2.05, 4.69) is 25.7 Å². The van der Waals surface area contributed by atoms with E-state index < -0.39 is 13.7 Å². The monoisotopic (exact) mass is 255 g/mol. The molecule has 3 nitrogen and oxygen atoms in total. The molecule has 4 heteroatoms. The van der Waals surface area contributed by atoms with Crippen LogP contribution in [0.15, 0.2) is 11.4 Å². The number of hydrogen-bond acceptors (Lipinski definition) is 2. The summed E-state index contributed by atoms with van der Waals surface area (Å²) in [7, 11) is -1.47. The molecule has 98 valence electrons. The highest BCUT2D eigenvalue weighted by molar-refractivity contribution is 6.83. The first kappa shape index (κ1) is 14.3. The van der Waals surface area contributed by atoms with Crippen molar-refractivity contribution >= 4 is 14.2 Å². The molecule has 0 saturated heterocycles. The molecule has 1 aliphatic rings. The van der Waals surface area contributed by atoms with E-state index in [0.717, 1.165) is 19.4 Å². The first-order valence-electron chi connectivity index (χ1n) is 6.32. The Labute approximate surface area is 106 Å². The van der Waals surface area contributed by atoms with Crippen LogP contribution >= 0.6 is 0 Å². The fourth-order valence-corrected chi connectivity index (χ4v) is 3.71. The highest BCUT2D eigenvalue weighted by atomic mass is 28.3. The molecule has 1 amide bonds. The minimum absolute atomic E-state index is 0.189. The average molecular weight is 255 g/mol. The van der Waals surface area contributed by atoms with Gasteiger partial charge in [0, 0.05) is 11.9 Å². The van der Waals surface area contributed by atoms with Gasteiger partial charge >= 0.3 is 6.09 Å². The summed E-state index contributed by atoms with van der Waals surface area (Å²) in [5.41, 5.74) is -0.418. The molecule has 0 unspecified atom stereocenters. The molecule has 0 fully saturated rings. The SMILES string of the molecule is CC(C)(C)OC(=O)N1CCCC=C1[Si](C)(C)C. The summed E-state index contributed by atoms with van der Waals surface area (Å²) in [6, 6.07) is 0. The molecule has 0 aliphatic carbocycles. The van der Waals surface area contributed by atoms with Crippen LogP contribution < -0.4 is 0 Å². The van der Waals surface area contributed by atoms with Crippen molar-refractivity contribution in [3.05, 3.63) is 11.4 Å². The van der Waals surface area contributed by atoms with Crippen molar-refractivity contribution < 1.29 is 9.53 Å². The van der Waals surface area contributed by atoms with Gasteiger partial charge in [-0.2, -0.15) is 0 Å². The van der Waals surface area contributed by atoms with Gasteiger partial charge in [-0.25, -0.2) is 4.79 Å².